The van der Waals surface area contributed by atoms with Crippen molar-refractivity contribution in [3.05, 3.63) is 35.1 Å². The number of aryl methyl sites for hydroxylation is 1. The van der Waals surface area contributed by atoms with Gasteiger partial charge < -0.3 is 15.5 Å². The van der Waals surface area contributed by atoms with E-state index in [0.717, 1.165) is 0 Å². The van der Waals surface area contributed by atoms with E-state index in [1.54, 1.807) is 6.92 Å². The number of hydrogen-bond acceptors (Lipinski definition) is 3. The fraction of sp³-hybridized carbons (Fsp3) is 0.417. The van der Waals surface area contributed by atoms with Crippen molar-refractivity contribution in [3.8, 4) is 0 Å². The van der Waals surface area contributed by atoms with Crippen LogP contribution in [-0.4, -0.2) is 28.8 Å². The molecule has 0 spiro atoms. The second-order valence-corrected chi connectivity index (χ2v) is 3.95. The Kier molecular flexibility index (Phi) is 4.60. The number of rotatable bonds is 4. The van der Waals surface area contributed by atoms with E-state index in [9.17, 15) is 19.4 Å². The molecule has 1 rings (SSSR count). The lowest BCUT2D eigenvalue weighted by Crippen LogP contribution is -2.34. The Hall–Kier alpha value is -1.46. The van der Waals surface area contributed by atoms with Crippen molar-refractivity contribution in [2.45, 2.75) is 26.1 Å². The predicted molar refractivity (Wildman–Crippen MR) is 60.8 cm³/mol. The number of nitrogens with one attached hydrogen (secondary N) is 1. The number of carbonyl (C=O) groups excluding carboxylic acids is 1. The van der Waals surface area contributed by atoms with Gasteiger partial charge in [0.25, 0.3) is 0 Å². The molecule has 4 nitrogen and oxygen atoms in total. The molecule has 2 atom stereocenters. The summed E-state index contributed by atoms with van der Waals surface area (Å²) in [6.07, 6.45) is -2.27. The van der Waals surface area contributed by atoms with Crippen LogP contribution < -0.4 is 5.32 Å². The van der Waals surface area contributed by atoms with Gasteiger partial charge in [0.05, 0.1) is 0 Å². The van der Waals surface area contributed by atoms with Gasteiger partial charge in [-0.05, 0) is 30.2 Å². The van der Waals surface area contributed by atoms with Gasteiger partial charge in [-0.25, -0.2) is 4.39 Å². The summed E-state index contributed by atoms with van der Waals surface area (Å²) in [6.45, 7) is 2.92. The van der Waals surface area contributed by atoms with Crippen molar-refractivity contribution >= 4 is 5.91 Å². The van der Waals surface area contributed by atoms with Crippen LogP contribution in [0.4, 0.5) is 4.39 Å². The van der Waals surface area contributed by atoms with Crippen LogP contribution in [0.3, 0.4) is 0 Å². The van der Waals surface area contributed by atoms with Crippen LogP contribution in [0, 0.1) is 12.7 Å². The normalized spacial score (nSPS) is 14.2. The van der Waals surface area contributed by atoms with E-state index in [1.807, 2.05) is 0 Å². The number of amides is 1. The SMILES string of the molecule is CC(=O)NCC(O)C(O)c1ccc(F)cc1C. The molecule has 0 aliphatic rings. The molecule has 0 bridgehead atoms. The molecule has 0 aromatic heterocycles. The predicted octanol–water partition coefficient (Wildman–Crippen LogP) is 0.665. The van der Waals surface area contributed by atoms with Crippen molar-refractivity contribution in [2.24, 2.45) is 0 Å². The van der Waals surface area contributed by atoms with Crippen LogP contribution in [0.5, 0.6) is 0 Å². The van der Waals surface area contributed by atoms with E-state index in [2.05, 4.69) is 5.32 Å². The highest BCUT2D eigenvalue weighted by molar-refractivity contribution is 5.72. The molecule has 1 aromatic rings. The average Bonchev–Trinajstić information content (AvgIpc) is 2.25. The first kappa shape index (κ1) is 13.6. The number of benzene rings is 1. The van der Waals surface area contributed by atoms with Gasteiger partial charge in [-0.1, -0.05) is 6.07 Å². The molecule has 0 saturated carbocycles. The summed E-state index contributed by atoms with van der Waals surface area (Å²) in [5.74, 6) is -0.679. The minimum atomic E-state index is -1.15. The molecule has 94 valence electrons. The maximum absolute atomic E-state index is 12.9. The quantitative estimate of drug-likeness (QED) is 0.725. The van der Waals surface area contributed by atoms with E-state index in [1.165, 1.54) is 25.1 Å². The first-order chi connectivity index (χ1) is 7.91. The monoisotopic (exact) mass is 241 g/mol. The molecule has 0 saturated heterocycles. The number of aliphatic hydroxyl groups is 2. The average molecular weight is 241 g/mol. The van der Waals surface area contributed by atoms with E-state index in [-0.39, 0.29) is 12.5 Å². The van der Waals surface area contributed by atoms with Crippen LogP contribution in [-0.2, 0) is 4.79 Å². The molecule has 3 N–H and O–H groups in total. The maximum Gasteiger partial charge on any atom is 0.216 e. The molecule has 1 aromatic carbocycles. The fourth-order valence-corrected chi connectivity index (χ4v) is 1.54. The van der Waals surface area contributed by atoms with Crippen LogP contribution in [0.25, 0.3) is 0 Å². The third-order valence-electron chi connectivity index (χ3n) is 2.48. The molecule has 0 aliphatic carbocycles. The molecule has 0 heterocycles. The Balaban J connectivity index is 2.74. The van der Waals surface area contributed by atoms with Gasteiger partial charge in [0.2, 0.25) is 5.91 Å². The lowest BCUT2D eigenvalue weighted by atomic mass is 9.99. The highest BCUT2D eigenvalue weighted by Gasteiger charge is 2.20. The molecule has 1 amide bonds. The zero-order valence-electron chi connectivity index (χ0n) is 9.77. The Morgan fingerprint density at radius 2 is 2.12 bits per heavy atom. The van der Waals surface area contributed by atoms with Crippen molar-refractivity contribution in [1.29, 1.82) is 0 Å². The van der Waals surface area contributed by atoms with Gasteiger partial charge >= 0.3 is 0 Å². The van der Waals surface area contributed by atoms with Gasteiger partial charge in [0.15, 0.2) is 0 Å². The van der Waals surface area contributed by atoms with Crippen LogP contribution >= 0.6 is 0 Å². The van der Waals surface area contributed by atoms with Crippen molar-refractivity contribution in [3.63, 3.8) is 0 Å². The molecule has 0 fully saturated rings. The zero-order valence-corrected chi connectivity index (χ0v) is 9.77. The van der Waals surface area contributed by atoms with Crippen molar-refractivity contribution < 1.29 is 19.4 Å². The van der Waals surface area contributed by atoms with E-state index < -0.39 is 18.0 Å². The second kappa shape index (κ2) is 5.75. The van der Waals surface area contributed by atoms with Crippen molar-refractivity contribution in [2.75, 3.05) is 6.54 Å². The Labute approximate surface area is 99.1 Å². The van der Waals surface area contributed by atoms with Crippen LogP contribution in [0.2, 0.25) is 0 Å². The van der Waals surface area contributed by atoms with Gasteiger partial charge in [0.1, 0.15) is 18.0 Å². The van der Waals surface area contributed by atoms with Crippen LogP contribution in [0.15, 0.2) is 18.2 Å². The third-order valence-corrected chi connectivity index (χ3v) is 2.48. The molecule has 2 unspecified atom stereocenters. The molecule has 5 heteroatoms. The summed E-state index contributed by atoms with van der Waals surface area (Å²) < 4.78 is 12.9. The first-order valence-corrected chi connectivity index (χ1v) is 5.28. The second-order valence-electron chi connectivity index (χ2n) is 3.95. The number of carbonyl (C=O) groups is 1. The summed E-state index contributed by atoms with van der Waals surface area (Å²) in [5, 5.41) is 21.9. The molecular formula is C12H16FNO3. The Morgan fingerprint density at radius 1 is 1.47 bits per heavy atom. The molecular weight excluding hydrogens is 225 g/mol. The van der Waals surface area contributed by atoms with Gasteiger partial charge in [-0.2, -0.15) is 0 Å². The summed E-state index contributed by atoms with van der Waals surface area (Å²) in [6, 6.07) is 3.92. The lowest BCUT2D eigenvalue weighted by molar-refractivity contribution is -0.119. The highest BCUT2D eigenvalue weighted by Crippen LogP contribution is 2.21. The summed E-state index contributed by atoms with van der Waals surface area (Å²) >= 11 is 0. The van der Waals surface area contributed by atoms with Crippen LogP contribution in [0.1, 0.15) is 24.2 Å². The van der Waals surface area contributed by atoms with Gasteiger partial charge in [-0.15, -0.1) is 0 Å². The molecule has 0 radical (unpaired) electrons. The number of hydrogen-bond donors (Lipinski definition) is 3. The molecule has 17 heavy (non-hydrogen) atoms. The topological polar surface area (TPSA) is 69.6 Å². The summed E-state index contributed by atoms with van der Waals surface area (Å²) in [5.41, 5.74) is 1.00. The fourth-order valence-electron chi connectivity index (χ4n) is 1.54. The summed E-state index contributed by atoms with van der Waals surface area (Å²) in [4.78, 5) is 10.7. The largest absolute Gasteiger partial charge is 0.388 e. The Morgan fingerprint density at radius 3 is 2.65 bits per heavy atom. The Bertz CT molecular complexity index is 409. The standard InChI is InChI=1S/C12H16FNO3/c1-7-5-9(13)3-4-10(7)12(17)11(16)6-14-8(2)15/h3-5,11-12,16-17H,6H2,1-2H3,(H,14,15). The smallest absolute Gasteiger partial charge is 0.216 e. The molecule has 0 aliphatic heterocycles. The zero-order chi connectivity index (χ0) is 13.0. The first-order valence-electron chi connectivity index (χ1n) is 5.28. The van der Waals surface area contributed by atoms with E-state index >= 15 is 0 Å². The van der Waals surface area contributed by atoms with Crippen molar-refractivity contribution in [1.82, 2.24) is 5.32 Å². The van der Waals surface area contributed by atoms with E-state index in [4.69, 9.17) is 0 Å². The highest BCUT2D eigenvalue weighted by atomic mass is 19.1. The van der Waals surface area contributed by atoms with Gasteiger partial charge in [-0.3, -0.25) is 4.79 Å². The third kappa shape index (κ3) is 3.80. The minimum Gasteiger partial charge on any atom is -0.388 e. The number of aliphatic hydroxyl groups excluding tert-OH is 2. The maximum atomic E-state index is 12.9. The minimum absolute atomic E-state index is 0.0483. The number of halogens is 1. The van der Waals surface area contributed by atoms with E-state index in [0.29, 0.717) is 11.1 Å². The lowest BCUT2D eigenvalue weighted by Gasteiger charge is -2.20. The van der Waals surface area contributed by atoms with Gasteiger partial charge in [0, 0.05) is 13.5 Å². The summed E-state index contributed by atoms with van der Waals surface area (Å²) in [7, 11) is 0.